The first-order chi connectivity index (χ1) is 9.81. The number of nitrogens with one attached hydrogen (secondary N) is 1. The van der Waals surface area contributed by atoms with Gasteiger partial charge in [-0.15, -0.1) is 0 Å². The molecule has 0 aromatic carbocycles. The average Bonchev–Trinajstić information content (AvgIpc) is 2.88. The van der Waals surface area contributed by atoms with Crippen molar-refractivity contribution in [3.63, 3.8) is 0 Å². The van der Waals surface area contributed by atoms with E-state index in [-0.39, 0.29) is 18.0 Å². The lowest BCUT2D eigenvalue weighted by molar-refractivity contribution is 0.200. The molecule has 120 valence electrons. The molecular weight excluding hydrogens is 292 g/mol. The minimum Gasteiger partial charge on any atom is -0.338 e. The Hall–Kier alpha value is -0.990. The first kappa shape index (κ1) is 16.4. The van der Waals surface area contributed by atoms with Crippen LogP contribution in [0.1, 0.15) is 44.9 Å². The van der Waals surface area contributed by atoms with Crippen molar-refractivity contribution >= 4 is 10.0 Å². The summed E-state index contributed by atoms with van der Waals surface area (Å²) >= 11 is 0. The highest BCUT2D eigenvalue weighted by molar-refractivity contribution is 7.88. The zero-order valence-electron chi connectivity index (χ0n) is 13.0. The largest absolute Gasteiger partial charge is 0.338 e. The van der Waals surface area contributed by atoms with Crippen molar-refractivity contribution < 1.29 is 12.9 Å². The molecule has 1 fully saturated rings. The lowest BCUT2D eigenvalue weighted by atomic mass is 9.94. The third-order valence-electron chi connectivity index (χ3n) is 3.97. The molecule has 0 spiro atoms. The Morgan fingerprint density at radius 2 is 2.24 bits per heavy atom. The van der Waals surface area contributed by atoms with E-state index in [1.807, 2.05) is 13.8 Å². The lowest BCUT2D eigenvalue weighted by Gasteiger charge is -2.36. The lowest BCUT2D eigenvalue weighted by Crippen LogP contribution is -2.50. The van der Waals surface area contributed by atoms with E-state index in [9.17, 15) is 8.42 Å². The van der Waals surface area contributed by atoms with Crippen LogP contribution < -0.4 is 5.32 Å². The normalized spacial score (nSPS) is 25.9. The van der Waals surface area contributed by atoms with Crippen LogP contribution in [0.3, 0.4) is 0 Å². The van der Waals surface area contributed by atoms with E-state index < -0.39 is 10.0 Å². The fourth-order valence-electron chi connectivity index (χ4n) is 2.64. The molecule has 1 N–H and O–H groups in total. The monoisotopic (exact) mass is 316 g/mol. The highest BCUT2D eigenvalue weighted by Crippen LogP contribution is 2.22. The number of aryl methyl sites for hydroxylation is 1. The predicted molar refractivity (Wildman–Crippen MR) is 79.2 cm³/mol. The molecule has 0 bridgehead atoms. The molecule has 1 aromatic rings. The summed E-state index contributed by atoms with van der Waals surface area (Å²) < 4.78 is 30.0. The Bertz CT molecular complexity index is 572. The van der Waals surface area contributed by atoms with E-state index in [4.69, 9.17) is 4.52 Å². The van der Waals surface area contributed by atoms with E-state index >= 15 is 0 Å². The zero-order valence-corrected chi connectivity index (χ0v) is 13.9. The molecule has 21 heavy (non-hydrogen) atoms. The van der Waals surface area contributed by atoms with Gasteiger partial charge >= 0.3 is 0 Å². The molecule has 0 unspecified atom stereocenters. The van der Waals surface area contributed by atoms with E-state index in [1.54, 1.807) is 4.31 Å². The van der Waals surface area contributed by atoms with E-state index in [0.717, 1.165) is 12.8 Å². The molecule has 8 heteroatoms. The van der Waals surface area contributed by atoms with Gasteiger partial charge in [-0.2, -0.15) is 4.98 Å². The molecule has 1 aliphatic rings. The van der Waals surface area contributed by atoms with Crippen molar-refractivity contribution in [1.82, 2.24) is 19.8 Å². The van der Waals surface area contributed by atoms with Gasteiger partial charge in [-0.3, -0.25) is 0 Å². The maximum atomic E-state index is 11.6. The van der Waals surface area contributed by atoms with Gasteiger partial charge in [0.2, 0.25) is 15.9 Å². The Morgan fingerprint density at radius 1 is 1.52 bits per heavy atom. The van der Waals surface area contributed by atoms with Crippen LogP contribution in [0.15, 0.2) is 4.52 Å². The molecule has 7 nitrogen and oxygen atoms in total. The van der Waals surface area contributed by atoms with Crippen LogP contribution >= 0.6 is 0 Å². The van der Waals surface area contributed by atoms with Gasteiger partial charge in [0.25, 0.3) is 0 Å². The zero-order chi connectivity index (χ0) is 15.6. The SMILES string of the molecule is CCc1noc([C@H](C)N[C@H]2CCN(S(C)(=O)=O)C[C@H]2C)n1. The van der Waals surface area contributed by atoms with E-state index in [2.05, 4.69) is 22.4 Å². The van der Waals surface area contributed by atoms with Crippen molar-refractivity contribution in [3.8, 4) is 0 Å². The van der Waals surface area contributed by atoms with Crippen molar-refractivity contribution in [2.75, 3.05) is 19.3 Å². The molecule has 0 amide bonds. The Morgan fingerprint density at radius 3 is 2.76 bits per heavy atom. The third kappa shape index (κ3) is 4.02. The van der Waals surface area contributed by atoms with Gasteiger partial charge in [-0.05, 0) is 19.3 Å². The summed E-state index contributed by atoms with van der Waals surface area (Å²) in [7, 11) is -3.10. The number of hydrogen-bond acceptors (Lipinski definition) is 6. The third-order valence-corrected chi connectivity index (χ3v) is 5.24. The van der Waals surface area contributed by atoms with Gasteiger partial charge < -0.3 is 9.84 Å². The Labute approximate surface area is 126 Å². The minimum absolute atomic E-state index is 0.0324. The summed E-state index contributed by atoms with van der Waals surface area (Å²) in [4.78, 5) is 4.33. The molecule has 2 heterocycles. The number of hydrogen-bond donors (Lipinski definition) is 1. The van der Waals surface area contributed by atoms with Gasteiger partial charge in [-0.1, -0.05) is 19.0 Å². The first-order valence-corrected chi connectivity index (χ1v) is 9.19. The molecule has 1 aromatic heterocycles. The molecule has 3 atom stereocenters. The Balaban J connectivity index is 1.94. The van der Waals surface area contributed by atoms with Crippen LogP contribution in [-0.2, 0) is 16.4 Å². The van der Waals surface area contributed by atoms with Crippen molar-refractivity contribution in [3.05, 3.63) is 11.7 Å². The number of aromatic nitrogens is 2. The summed E-state index contributed by atoms with van der Waals surface area (Å²) in [6, 6.07) is 0.213. The molecule has 0 aliphatic carbocycles. The molecular formula is C13H24N4O3S. The van der Waals surface area contributed by atoms with E-state index in [1.165, 1.54) is 6.26 Å². The van der Waals surface area contributed by atoms with Crippen molar-refractivity contribution in [2.24, 2.45) is 5.92 Å². The average molecular weight is 316 g/mol. The van der Waals surface area contributed by atoms with Crippen LogP contribution in [0.25, 0.3) is 0 Å². The predicted octanol–water partition coefficient (Wildman–Crippen LogP) is 0.953. The number of nitrogens with zero attached hydrogens (tertiary/aromatic N) is 3. The highest BCUT2D eigenvalue weighted by Gasteiger charge is 2.31. The van der Waals surface area contributed by atoms with Crippen molar-refractivity contribution in [1.29, 1.82) is 0 Å². The second-order valence-corrected chi connectivity index (χ2v) is 7.77. The minimum atomic E-state index is -3.10. The maximum absolute atomic E-state index is 11.6. The maximum Gasteiger partial charge on any atom is 0.243 e. The standard InChI is InChI=1S/C13H24N4O3S/c1-5-12-15-13(20-16-12)10(3)14-11-6-7-17(8-9(11)2)21(4,18)19/h9-11,14H,5-8H2,1-4H3/t9-,10+,11+/m1/s1. The summed E-state index contributed by atoms with van der Waals surface area (Å²) in [5, 5.41) is 7.38. The molecule has 1 saturated heterocycles. The molecule has 2 rings (SSSR count). The summed E-state index contributed by atoms with van der Waals surface area (Å²) in [5.74, 6) is 1.53. The Kier molecular flexibility index (Phi) is 5.00. The number of piperidine rings is 1. The first-order valence-electron chi connectivity index (χ1n) is 7.35. The van der Waals surface area contributed by atoms with Crippen LogP contribution in [-0.4, -0.2) is 48.3 Å². The van der Waals surface area contributed by atoms with Gasteiger partial charge in [0.1, 0.15) is 0 Å². The fraction of sp³-hybridized carbons (Fsp3) is 0.846. The van der Waals surface area contributed by atoms with E-state index in [0.29, 0.717) is 24.8 Å². The second kappa shape index (κ2) is 6.41. The van der Waals surface area contributed by atoms with Crippen LogP contribution in [0.2, 0.25) is 0 Å². The quantitative estimate of drug-likeness (QED) is 0.870. The van der Waals surface area contributed by atoms with Crippen molar-refractivity contribution in [2.45, 2.75) is 45.7 Å². The smallest absolute Gasteiger partial charge is 0.243 e. The molecule has 1 aliphatic heterocycles. The summed E-state index contributed by atoms with van der Waals surface area (Å²) in [6.07, 6.45) is 2.80. The summed E-state index contributed by atoms with van der Waals surface area (Å²) in [5.41, 5.74) is 0. The fourth-order valence-corrected chi connectivity index (χ4v) is 3.58. The summed E-state index contributed by atoms with van der Waals surface area (Å²) in [6.45, 7) is 7.14. The number of sulfonamides is 1. The van der Waals surface area contributed by atoms with Gasteiger partial charge in [0, 0.05) is 25.6 Å². The van der Waals surface area contributed by atoms with Gasteiger partial charge in [0.05, 0.1) is 12.3 Å². The molecule has 0 saturated carbocycles. The van der Waals surface area contributed by atoms with Gasteiger partial charge in [-0.25, -0.2) is 12.7 Å². The number of rotatable bonds is 5. The highest BCUT2D eigenvalue weighted by atomic mass is 32.2. The topological polar surface area (TPSA) is 88.3 Å². The van der Waals surface area contributed by atoms with Gasteiger partial charge in [0.15, 0.2) is 5.82 Å². The van der Waals surface area contributed by atoms with Crippen LogP contribution in [0.5, 0.6) is 0 Å². The second-order valence-electron chi connectivity index (χ2n) is 5.78. The molecule has 0 radical (unpaired) electrons. The van der Waals surface area contributed by atoms with Crippen LogP contribution in [0.4, 0.5) is 0 Å². The van der Waals surface area contributed by atoms with Crippen LogP contribution in [0, 0.1) is 5.92 Å².